The Morgan fingerprint density at radius 1 is 0.321 bits per heavy atom. The summed E-state index contributed by atoms with van der Waals surface area (Å²) < 4.78 is 17.2. The van der Waals surface area contributed by atoms with Crippen molar-refractivity contribution in [3.05, 3.63) is 0 Å². The van der Waals surface area contributed by atoms with Crippen LogP contribution in [0.1, 0.15) is 363 Å². The van der Waals surface area contributed by atoms with E-state index >= 15 is 0 Å². The largest absolute Gasteiger partial charge is 0.465 e. The van der Waals surface area contributed by atoms with Gasteiger partial charge in [0, 0.05) is 45.6 Å². The third-order valence-electron chi connectivity index (χ3n) is 17.7. The van der Waals surface area contributed by atoms with Crippen molar-refractivity contribution in [1.82, 2.24) is 9.80 Å². The number of hydrogen-bond donors (Lipinski definition) is 1. The number of rotatable bonds is 59. The summed E-state index contributed by atoms with van der Waals surface area (Å²) in [4.78, 5) is 41.3. The van der Waals surface area contributed by atoms with E-state index in [1.807, 2.05) is 4.90 Å². The molecule has 1 N–H and O–H groups in total. The molecule has 1 rings (SSSR count). The van der Waals surface area contributed by atoms with Gasteiger partial charge in [-0.1, -0.05) is 286 Å². The van der Waals surface area contributed by atoms with Crippen LogP contribution in [0.25, 0.3) is 0 Å². The lowest BCUT2D eigenvalue weighted by Crippen LogP contribution is -2.47. The fourth-order valence-electron chi connectivity index (χ4n) is 11.8. The van der Waals surface area contributed by atoms with Gasteiger partial charge in [0.25, 0.3) is 0 Å². The Hall–Kier alpha value is -1.87. The van der Waals surface area contributed by atoms with Crippen LogP contribution in [-0.2, 0) is 23.8 Å². The number of esters is 2. The molecule has 1 saturated heterocycles. The summed E-state index contributed by atoms with van der Waals surface area (Å²) in [5, 5.41) is 9.69. The van der Waals surface area contributed by atoms with E-state index in [2.05, 4.69) is 53.5 Å². The van der Waals surface area contributed by atoms with Crippen LogP contribution in [0.3, 0.4) is 0 Å². The molecule has 1 aliphatic heterocycles. The first-order valence-corrected chi connectivity index (χ1v) is 36.2. The number of unbranched alkanes of at least 4 members (excludes halogenated alkanes) is 32. The molecule has 9 heteroatoms. The van der Waals surface area contributed by atoms with E-state index in [9.17, 15) is 19.5 Å². The van der Waals surface area contributed by atoms with Crippen molar-refractivity contribution in [3.8, 4) is 0 Å². The number of carbonyl (C=O) groups excluding carboxylic acids is 3. The van der Waals surface area contributed by atoms with Gasteiger partial charge >= 0.3 is 18.0 Å². The van der Waals surface area contributed by atoms with Gasteiger partial charge in [0.2, 0.25) is 0 Å². The van der Waals surface area contributed by atoms with Crippen molar-refractivity contribution in [2.75, 3.05) is 59.7 Å². The van der Waals surface area contributed by atoms with E-state index in [4.69, 9.17) is 14.2 Å². The van der Waals surface area contributed by atoms with Crippen molar-refractivity contribution in [3.63, 3.8) is 0 Å². The maximum Gasteiger partial charge on any atom is 0.409 e. The standard InChI is InChI=1S/C39H76N2O4.C33H66O3/c1-5-8-11-13-14-15-18-22-27-37(35-45-39(43)41-32-30-40(4)31-33-41)28-23-19-16-17-20-24-29-38(42)44-34-36(25-10-7-3)26-21-12-9-6-2;1-4-7-10-12-13-14-17-21-25-31(29-34)26-22-18-15-16-19-23-28-33(35)36-30-32(24-9-6-3)27-20-11-8-5-2/h36-37H,5-35H2,1-4H3;31-32,34H,4-30H2,1-3H3. The van der Waals surface area contributed by atoms with E-state index in [0.717, 1.165) is 58.3 Å². The second-order valence-corrected chi connectivity index (χ2v) is 25.7. The molecule has 1 heterocycles. The lowest BCUT2D eigenvalue weighted by molar-refractivity contribution is -0.146. The van der Waals surface area contributed by atoms with Gasteiger partial charge in [0.1, 0.15) is 0 Å². The first kappa shape index (κ1) is 79.1. The van der Waals surface area contributed by atoms with E-state index in [0.29, 0.717) is 62.9 Å². The molecule has 0 radical (unpaired) electrons. The van der Waals surface area contributed by atoms with Gasteiger partial charge in [0.15, 0.2) is 0 Å². The lowest BCUT2D eigenvalue weighted by Gasteiger charge is -2.32. The molecule has 482 valence electrons. The normalized spacial score (nSPS) is 14.3. The number of aliphatic hydroxyl groups excluding tert-OH is 1. The summed E-state index contributed by atoms with van der Waals surface area (Å²) in [6.45, 7) is 19.1. The van der Waals surface area contributed by atoms with Crippen LogP contribution >= 0.6 is 0 Å². The number of ether oxygens (including phenoxy) is 3. The highest BCUT2D eigenvalue weighted by molar-refractivity contribution is 5.69. The van der Waals surface area contributed by atoms with E-state index < -0.39 is 0 Å². The fraction of sp³-hybridized carbons (Fsp3) is 0.958. The van der Waals surface area contributed by atoms with Crippen LogP contribution in [0.4, 0.5) is 4.79 Å². The topological polar surface area (TPSA) is 106 Å². The lowest BCUT2D eigenvalue weighted by atomic mass is 9.94. The van der Waals surface area contributed by atoms with Crippen LogP contribution in [0.2, 0.25) is 0 Å². The number of amides is 1. The quantitative estimate of drug-likeness (QED) is 0.0365. The Bertz CT molecular complexity index is 1310. The average molecular weight is 1150 g/mol. The summed E-state index contributed by atoms with van der Waals surface area (Å²) in [6, 6.07) is 0. The van der Waals surface area contributed by atoms with Crippen LogP contribution in [0.5, 0.6) is 0 Å². The zero-order valence-corrected chi connectivity index (χ0v) is 55.6. The highest BCUT2D eigenvalue weighted by Crippen LogP contribution is 2.24. The molecule has 0 bridgehead atoms. The van der Waals surface area contributed by atoms with Gasteiger partial charge < -0.3 is 29.1 Å². The SMILES string of the molecule is CCCCCCCCCCC(CCCCCCCCC(=O)OCC(CCCC)CCCCCC)COC(=O)N1CCN(C)CC1.CCCCCCCCCCC(CO)CCCCCCCCC(=O)OCC(CCCC)CCCCCC. The number of aliphatic hydroxyl groups is 1. The van der Waals surface area contributed by atoms with Crippen LogP contribution < -0.4 is 0 Å². The maximum atomic E-state index is 12.7. The summed E-state index contributed by atoms with van der Waals surface area (Å²) in [5.41, 5.74) is 0. The van der Waals surface area contributed by atoms with E-state index in [1.54, 1.807) is 0 Å². The summed E-state index contributed by atoms with van der Waals surface area (Å²) in [6.07, 6.45) is 61.3. The van der Waals surface area contributed by atoms with E-state index in [-0.39, 0.29) is 18.0 Å². The zero-order chi connectivity index (χ0) is 59.3. The molecular weight excluding hydrogens is 1000 g/mol. The second-order valence-electron chi connectivity index (χ2n) is 25.7. The Kier molecular flexibility index (Phi) is 61.2. The van der Waals surface area contributed by atoms with Gasteiger partial charge in [-0.2, -0.15) is 0 Å². The highest BCUT2D eigenvalue weighted by atomic mass is 16.6. The Labute approximate surface area is 505 Å². The molecule has 1 aliphatic rings. The monoisotopic (exact) mass is 1150 g/mol. The van der Waals surface area contributed by atoms with Gasteiger partial charge in [-0.25, -0.2) is 4.79 Å². The molecule has 0 spiro atoms. The van der Waals surface area contributed by atoms with Gasteiger partial charge in [-0.05, 0) is 94.9 Å². The van der Waals surface area contributed by atoms with Gasteiger partial charge in [0.05, 0.1) is 19.8 Å². The maximum absolute atomic E-state index is 12.7. The van der Waals surface area contributed by atoms with Crippen molar-refractivity contribution >= 4 is 18.0 Å². The van der Waals surface area contributed by atoms with Gasteiger partial charge in [-0.3, -0.25) is 9.59 Å². The number of likely N-dealkylation sites (N-methyl/N-ethyl adjacent to an activating group) is 1. The van der Waals surface area contributed by atoms with Crippen molar-refractivity contribution in [2.24, 2.45) is 23.7 Å². The molecule has 9 nitrogen and oxygen atoms in total. The highest BCUT2D eigenvalue weighted by Gasteiger charge is 2.22. The third kappa shape index (κ3) is 54.5. The first-order valence-electron chi connectivity index (χ1n) is 36.2. The molecule has 4 unspecified atom stereocenters. The van der Waals surface area contributed by atoms with Gasteiger partial charge in [-0.15, -0.1) is 0 Å². The van der Waals surface area contributed by atoms with Crippen molar-refractivity contribution < 1.29 is 33.7 Å². The minimum absolute atomic E-state index is 0.0000198. The Morgan fingerprint density at radius 3 is 0.877 bits per heavy atom. The summed E-state index contributed by atoms with van der Waals surface area (Å²) >= 11 is 0. The molecule has 0 saturated carbocycles. The van der Waals surface area contributed by atoms with E-state index in [1.165, 1.54) is 276 Å². The third-order valence-corrected chi connectivity index (χ3v) is 17.7. The molecule has 0 aliphatic carbocycles. The Morgan fingerprint density at radius 2 is 0.568 bits per heavy atom. The number of carbonyl (C=O) groups is 3. The fourth-order valence-corrected chi connectivity index (χ4v) is 11.8. The first-order chi connectivity index (χ1) is 39.7. The van der Waals surface area contributed by atoms with Crippen molar-refractivity contribution in [2.45, 2.75) is 363 Å². The molecule has 4 atom stereocenters. The number of hydrogen-bond acceptors (Lipinski definition) is 8. The second kappa shape index (κ2) is 62.7. The minimum Gasteiger partial charge on any atom is -0.465 e. The smallest absolute Gasteiger partial charge is 0.409 e. The summed E-state index contributed by atoms with van der Waals surface area (Å²) in [5.74, 6) is 2.10. The number of piperazine rings is 1. The average Bonchev–Trinajstić information content (AvgIpc) is 3.47. The van der Waals surface area contributed by atoms with Crippen molar-refractivity contribution in [1.29, 1.82) is 0 Å². The van der Waals surface area contributed by atoms with Crippen LogP contribution in [-0.4, -0.2) is 92.6 Å². The molecule has 1 fully saturated rings. The molecule has 1 amide bonds. The van der Waals surface area contributed by atoms with Crippen LogP contribution in [0.15, 0.2) is 0 Å². The molecule has 0 aromatic carbocycles. The predicted octanol–water partition coefficient (Wildman–Crippen LogP) is 21.5. The van der Waals surface area contributed by atoms with Crippen LogP contribution in [0, 0.1) is 23.7 Å². The minimum atomic E-state index is -0.119. The zero-order valence-electron chi connectivity index (χ0n) is 55.6. The molecule has 0 aromatic rings. The Balaban J connectivity index is 0.00000162. The summed E-state index contributed by atoms with van der Waals surface area (Å²) in [7, 11) is 2.11. The predicted molar refractivity (Wildman–Crippen MR) is 348 cm³/mol. The molecule has 81 heavy (non-hydrogen) atoms. The number of nitrogens with zero attached hydrogens (tertiary/aromatic N) is 2. The molecular formula is C72H142N2O7. The molecule has 0 aromatic heterocycles.